The number of anilines is 1. The van der Waals surface area contributed by atoms with E-state index in [4.69, 9.17) is 10.8 Å². The third-order valence-electron chi connectivity index (χ3n) is 1.66. The second-order valence-corrected chi connectivity index (χ2v) is 2.66. The number of H-pyrrole nitrogens is 1. The van der Waals surface area contributed by atoms with Crippen molar-refractivity contribution >= 4 is 17.9 Å². The van der Waals surface area contributed by atoms with Crippen LogP contribution in [-0.2, 0) is 0 Å². The highest BCUT2D eigenvalue weighted by Crippen LogP contribution is 2.08. The number of aromatic amines is 1. The molecule has 0 saturated carbocycles. The molecule has 0 atom stereocenters. The Balaban J connectivity index is 3.36. The smallest absolute Gasteiger partial charge is 0.358 e. The summed E-state index contributed by atoms with van der Waals surface area (Å²) in [5.74, 6) is -1.30. The van der Waals surface area contributed by atoms with Crippen LogP contribution in [0.5, 0.6) is 0 Å². The van der Waals surface area contributed by atoms with E-state index in [2.05, 4.69) is 10.1 Å². The number of aromatic nitrogens is 2. The highest BCUT2D eigenvalue weighted by molar-refractivity contribution is 5.97. The first-order valence-corrected chi connectivity index (χ1v) is 4.19. The van der Waals surface area contributed by atoms with E-state index in [9.17, 15) is 9.59 Å². The fraction of sp³-hybridized carbons (Fsp3) is 0.250. The van der Waals surface area contributed by atoms with Crippen molar-refractivity contribution in [2.24, 2.45) is 4.99 Å². The second-order valence-electron chi connectivity index (χ2n) is 2.66. The number of nitrogens with one attached hydrogen (secondary N) is 1. The first-order chi connectivity index (χ1) is 7.07. The summed E-state index contributed by atoms with van der Waals surface area (Å²) in [5.41, 5.74) is 4.37. The number of nitrogens with zero attached hydrogens (tertiary/aromatic N) is 2. The summed E-state index contributed by atoms with van der Waals surface area (Å²) in [5, 5.41) is 14.1. The highest BCUT2D eigenvalue weighted by Gasteiger charge is 2.15. The summed E-state index contributed by atoms with van der Waals surface area (Å²) in [6.45, 7) is 2.25. The van der Waals surface area contributed by atoms with E-state index < -0.39 is 11.5 Å². The molecule has 0 fully saturated rings. The lowest BCUT2D eigenvalue weighted by atomic mass is 10.2. The molecule has 0 unspecified atom stereocenters. The Bertz CT molecular complexity index is 463. The lowest BCUT2D eigenvalue weighted by Crippen LogP contribution is -2.21. The van der Waals surface area contributed by atoms with E-state index in [1.807, 2.05) is 5.10 Å². The van der Waals surface area contributed by atoms with Crippen molar-refractivity contribution < 1.29 is 9.90 Å². The number of hydrogen-bond donors (Lipinski definition) is 3. The van der Waals surface area contributed by atoms with Gasteiger partial charge in [0.25, 0.3) is 5.56 Å². The van der Waals surface area contributed by atoms with Crippen molar-refractivity contribution in [1.29, 1.82) is 0 Å². The molecule has 0 aliphatic rings. The van der Waals surface area contributed by atoms with Crippen LogP contribution in [0.25, 0.3) is 0 Å². The third kappa shape index (κ3) is 2.19. The number of aromatic carboxylic acids is 1. The molecule has 0 amide bonds. The molecule has 0 spiro atoms. The molecule has 0 saturated heterocycles. The largest absolute Gasteiger partial charge is 0.476 e. The standard InChI is InChI=1S/C8H10N4O3/c1-2-10-3-4-5(9)6(8(14)15)11-12-7(4)13/h3H,2H2,1H3,(H,14,15)(H3,9,12,13). The van der Waals surface area contributed by atoms with E-state index in [0.29, 0.717) is 6.54 Å². The van der Waals surface area contributed by atoms with E-state index in [1.54, 1.807) is 6.92 Å². The van der Waals surface area contributed by atoms with Gasteiger partial charge in [0.05, 0.1) is 11.3 Å². The maximum absolute atomic E-state index is 11.2. The lowest BCUT2D eigenvalue weighted by molar-refractivity contribution is 0.0690. The van der Waals surface area contributed by atoms with Gasteiger partial charge in [0, 0.05) is 12.8 Å². The van der Waals surface area contributed by atoms with Gasteiger partial charge in [0.1, 0.15) is 0 Å². The first-order valence-electron chi connectivity index (χ1n) is 4.19. The van der Waals surface area contributed by atoms with Crippen molar-refractivity contribution in [3.8, 4) is 0 Å². The summed E-state index contributed by atoms with van der Waals surface area (Å²) in [6, 6.07) is 0. The number of hydrogen-bond acceptors (Lipinski definition) is 5. The van der Waals surface area contributed by atoms with Gasteiger partial charge >= 0.3 is 5.97 Å². The predicted molar refractivity (Wildman–Crippen MR) is 54.4 cm³/mol. The van der Waals surface area contributed by atoms with Gasteiger partial charge in [0.2, 0.25) is 0 Å². The summed E-state index contributed by atoms with van der Waals surface area (Å²) >= 11 is 0. The lowest BCUT2D eigenvalue weighted by Gasteiger charge is -2.01. The van der Waals surface area contributed by atoms with Gasteiger partial charge in [-0.2, -0.15) is 5.10 Å². The average molecular weight is 210 g/mol. The van der Waals surface area contributed by atoms with Gasteiger partial charge in [0.15, 0.2) is 5.69 Å². The van der Waals surface area contributed by atoms with Gasteiger partial charge in [-0.25, -0.2) is 9.89 Å². The highest BCUT2D eigenvalue weighted by atomic mass is 16.4. The Labute approximate surface area is 84.7 Å². The van der Waals surface area contributed by atoms with E-state index in [0.717, 1.165) is 0 Å². The number of carboxylic acids is 1. The molecule has 7 heteroatoms. The number of carbonyl (C=O) groups is 1. The monoisotopic (exact) mass is 210 g/mol. The maximum Gasteiger partial charge on any atom is 0.358 e. The SMILES string of the molecule is CCN=Cc1c(N)c(C(=O)O)n[nH]c1=O. The van der Waals surface area contributed by atoms with Gasteiger partial charge in [-0.3, -0.25) is 9.79 Å². The zero-order valence-corrected chi connectivity index (χ0v) is 8.02. The third-order valence-corrected chi connectivity index (χ3v) is 1.66. The summed E-state index contributed by atoms with van der Waals surface area (Å²) < 4.78 is 0. The van der Waals surface area contributed by atoms with Crippen molar-refractivity contribution in [2.45, 2.75) is 6.92 Å². The van der Waals surface area contributed by atoms with Crippen LogP contribution in [0.15, 0.2) is 9.79 Å². The Hall–Kier alpha value is -2.18. The number of carboxylic acid groups (broad SMARTS) is 1. The molecule has 0 bridgehead atoms. The van der Waals surface area contributed by atoms with E-state index in [-0.39, 0.29) is 16.9 Å². The minimum atomic E-state index is -1.30. The van der Waals surface area contributed by atoms with Gasteiger partial charge in [-0.15, -0.1) is 0 Å². The predicted octanol–water partition coefficient (Wildman–Crippen LogP) is -0.511. The normalized spacial score (nSPS) is 10.7. The first kappa shape index (κ1) is 10.9. The molecule has 1 aromatic rings. The number of nitrogen functional groups attached to an aromatic ring is 1. The molecule has 15 heavy (non-hydrogen) atoms. The Morgan fingerprint density at radius 1 is 1.73 bits per heavy atom. The van der Waals surface area contributed by atoms with E-state index in [1.165, 1.54) is 6.21 Å². The van der Waals surface area contributed by atoms with Crippen LogP contribution in [0.4, 0.5) is 5.69 Å². The minimum absolute atomic E-state index is 0.0178. The molecule has 7 nitrogen and oxygen atoms in total. The van der Waals surface area contributed by atoms with Gasteiger partial charge in [-0.1, -0.05) is 0 Å². The number of nitrogens with two attached hydrogens (primary N) is 1. The molecule has 1 aromatic heterocycles. The average Bonchev–Trinajstić information content (AvgIpc) is 2.17. The summed E-state index contributed by atoms with van der Waals surface area (Å²) in [7, 11) is 0. The maximum atomic E-state index is 11.2. The van der Waals surface area contributed by atoms with Gasteiger partial charge < -0.3 is 10.8 Å². The molecule has 80 valence electrons. The van der Waals surface area contributed by atoms with E-state index >= 15 is 0 Å². The topological polar surface area (TPSA) is 121 Å². The molecule has 1 heterocycles. The van der Waals surface area contributed by atoms with Crippen LogP contribution < -0.4 is 11.3 Å². The van der Waals surface area contributed by atoms with Crippen molar-refractivity contribution in [3.05, 3.63) is 21.6 Å². The molecule has 0 aliphatic heterocycles. The fourth-order valence-electron chi connectivity index (χ4n) is 0.951. The van der Waals surface area contributed by atoms with Gasteiger partial charge in [-0.05, 0) is 6.92 Å². The van der Waals surface area contributed by atoms with Crippen LogP contribution >= 0.6 is 0 Å². The number of rotatable bonds is 3. The molecule has 0 aromatic carbocycles. The van der Waals surface area contributed by atoms with Crippen LogP contribution in [-0.4, -0.2) is 34.0 Å². The fourth-order valence-corrected chi connectivity index (χ4v) is 0.951. The molecule has 1 rings (SSSR count). The van der Waals surface area contributed by atoms with Crippen molar-refractivity contribution in [3.63, 3.8) is 0 Å². The Morgan fingerprint density at radius 3 is 2.93 bits per heavy atom. The van der Waals surface area contributed by atoms with Crippen LogP contribution in [0, 0.1) is 0 Å². The minimum Gasteiger partial charge on any atom is -0.476 e. The molecule has 4 N–H and O–H groups in total. The summed E-state index contributed by atoms with van der Waals surface area (Å²) in [4.78, 5) is 25.7. The zero-order valence-electron chi connectivity index (χ0n) is 8.02. The van der Waals surface area contributed by atoms with Crippen molar-refractivity contribution in [1.82, 2.24) is 10.2 Å². The quantitative estimate of drug-likeness (QED) is 0.580. The van der Waals surface area contributed by atoms with Crippen LogP contribution in [0.3, 0.4) is 0 Å². The van der Waals surface area contributed by atoms with Crippen molar-refractivity contribution in [2.75, 3.05) is 12.3 Å². The second kappa shape index (κ2) is 4.36. The zero-order chi connectivity index (χ0) is 11.4. The van der Waals surface area contributed by atoms with Crippen LogP contribution in [0.2, 0.25) is 0 Å². The Kier molecular flexibility index (Phi) is 3.17. The molecular weight excluding hydrogens is 200 g/mol. The summed E-state index contributed by atoms with van der Waals surface area (Å²) in [6.07, 6.45) is 1.24. The van der Waals surface area contributed by atoms with Crippen LogP contribution in [0.1, 0.15) is 23.0 Å². The molecular formula is C8H10N4O3. The Morgan fingerprint density at radius 2 is 2.40 bits per heavy atom. The number of aliphatic imine (C=N–C) groups is 1. The molecule has 0 aliphatic carbocycles. The molecule has 0 radical (unpaired) electrons.